The summed E-state index contributed by atoms with van der Waals surface area (Å²) < 4.78 is 13.4. The highest BCUT2D eigenvalue weighted by Gasteiger charge is 2.07. The number of carbonyl (C=O) groups is 2. The maximum absolute atomic E-state index is 13.4. The smallest absolute Gasteiger partial charge is 0.335 e. The van der Waals surface area contributed by atoms with Gasteiger partial charge in [-0.2, -0.15) is 0 Å². The number of aromatic carboxylic acids is 1. The van der Waals surface area contributed by atoms with E-state index in [1.54, 1.807) is 0 Å². The number of carboxylic acids is 2. The van der Waals surface area contributed by atoms with Crippen molar-refractivity contribution in [3.63, 3.8) is 0 Å². The van der Waals surface area contributed by atoms with E-state index in [1.807, 2.05) is 0 Å². The molecular formula is C13H16FNO4. The second-order valence-electron chi connectivity index (χ2n) is 4.13. The summed E-state index contributed by atoms with van der Waals surface area (Å²) >= 11 is 0. The normalized spacial score (nSPS) is 10.2. The number of benzene rings is 1. The van der Waals surface area contributed by atoms with Crippen molar-refractivity contribution in [2.24, 2.45) is 0 Å². The van der Waals surface area contributed by atoms with E-state index in [9.17, 15) is 14.0 Å². The van der Waals surface area contributed by atoms with E-state index in [1.165, 1.54) is 12.1 Å². The molecule has 0 unspecified atom stereocenters. The van der Waals surface area contributed by atoms with Gasteiger partial charge in [0.05, 0.1) is 11.3 Å². The van der Waals surface area contributed by atoms with Crippen molar-refractivity contribution < 1.29 is 24.2 Å². The predicted molar refractivity (Wildman–Crippen MR) is 68.0 cm³/mol. The number of halogens is 1. The maximum atomic E-state index is 13.4. The zero-order valence-electron chi connectivity index (χ0n) is 10.4. The lowest BCUT2D eigenvalue weighted by Gasteiger charge is -2.08. The third kappa shape index (κ3) is 5.37. The molecule has 19 heavy (non-hydrogen) atoms. The van der Waals surface area contributed by atoms with Gasteiger partial charge in [-0.25, -0.2) is 9.18 Å². The summed E-state index contributed by atoms with van der Waals surface area (Å²) in [4.78, 5) is 21.0. The Hall–Kier alpha value is -2.11. The van der Waals surface area contributed by atoms with Crippen LogP contribution in [0.4, 0.5) is 10.1 Å². The molecule has 3 N–H and O–H groups in total. The number of unbranched alkanes of at least 4 members (excludes halogenated alkanes) is 2. The molecule has 0 aliphatic carbocycles. The summed E-state index contributed by atoms with van der Waals surface area (Å²) in [6, 6.07) is 3.56. The minimum Gasteiger partial charge on any atom is -0.481 e. The Balaban J connectivity index is 2.38. The first-order chi connectivity index (χ1) is 9.00. The Morgan fingerprint density at radius 2 is 1.89 bits per heavy atom. The van der Waals surface area contributed by atoms with Crippen LogP contribution < -0.4 is 5.32 Å². The third-order valence-corrected chi connectivity index (χ3v) is 2.60. The molecule has 0 aromatic heterocycles. The predicted octanol–water partition coefficient (Wildman–Crippen LogP) is 2.58. The molecule has 0 aliphatic rings. The molecule has 0 aliphatic heterocycles. The van der Waals surface area contributed by atoms with Crippen molar-refractivity contribution in [3.05, 3.63) is 29.6 Å². The molecule has 6 heteroatoms. The van der Waals surface area contributed by atoms with Crippen LogP contribution in [-0.2, 0) is 4.79 Å². The second-order valence-corrected chi connectivity index (χ2v) is 4.13. The van der Waals surface area contributed by atoms with Gasteiger partial charge < -0.3 is 15.5 Å². The number of carboxylic acid groups (broad SMARTS) is 2. The first kappa shape index (κ1) is 14.9. The molecule has 0 fully saturated rings. The highest BCUT2D eigenvalue weighted by molar-refractivity contribution is 5.88. The summed E-state index contributed by atoms with van der Waals surface area (Å²) in [5.74, 6) is -2.44. The van der Waals surface area contributed by atoms with Gasteiger partial charge in [-0.05, 0) is 31.0 Å². The Kier molecular flexibility index (Phi) is 5.78. The summed E-state index contributed by atoms with van der Waals surface area (Å²) in [6.45, 7) is 0.472. The van der Waals surface area contributed by atoms with Gasteiger partial charge in [-0.3, -0.25) is 4.79 Å². The number of rotatable bonds is 8. The fourth-order valence-corrected chi connectivity index (χ4v) is 1.59. The Labute approximate surface area is 110 Å². The highest BCUT2D eigenvalue weighted by atomic mass is 19.1. The number of hydrogen-bond acceptors (Lipinski definition) is 3. The summed E-state index contributed by atoms with van der Waals surface area (Å²) in [5, 5.41) is 20.0. The first-order valence-corrected chi connectivity index (χ1v) is 5.99. The SMILES string of the molecule is O=C(O)CCCCCNc1cc(C(=O)O)ccc1F. The highest BCUT2D eigenvalue weighted by Crippen LogP contribution is 2.16. The summed E-state index contributed by atoms with van der Waals surface area (Å²) in [5.41, 5.74) is 0.174. The molecule has 0 radical (unpaired) electrons. The lowest BCUT2D eigenvalue weighted by molar-refractivity contribution is -0.137. The van der Waals surface area contributed by atoms with Gasteiger partial charge in [0.2, 0.25) is 0 Å². The first-order valence-electron chi connectivity index (χ1n) is 5.99. The largest absolute Gasteiger partial charge is 0.481 e. The van der Waals surface area contributed by atoms with Gasteiger partial charge in [0.25, 0.3) is 0 Å². The van der Waals surface area contributed by atoms with E-state index in [-0.39, 0.29) is 17.7 Å². The van der Waals surface area contributed by atoms with Gasteiger partial charge in [0.1, 0.15) is 5.82 Å². The molecule has 0 amide bonds. The fourth-order valence-electron chi connectivity index (χ4n) is 1.59. The van der Waals surface area contributed by atoms with Crippen LogP contribution in [0.2, 0.25) is 0 Å². The van der Waals surface area contributed by atoms with E-state index in [2.05, 4.69) is 5.32 Å². The molecule has 0 spiro atoms. The van der Waals surface area contributed by atoms with E-state index in [0.29, 0.717) is 19.4 Å². The standard InChI is InChI=1S/C13H16FNO4/c14-10-6-5-9(13(18)19)8-11(10)15-7-3-1-2-4-12(16)17/h5-6,8,15H,1-4,7H2,(H,16,17)(H,18,19). The van der Waals surface area contributed by atoms with Crippen LogP contribution in [-0.4, -0.2) is 28.7 Å². The maximum Gasteiger partial charge on any atom is 0.335 e. The molecule has 0 saturated carbocycles. The minimum absolute atomic E-state index is 0.0229. The van der Waals surface area contributed by atoms with Crippen molar-refractivity contribution in [2.45, 2.75) is 25.7 Å². The zero-order valence-corrected chi connectivity index (χ0v) is 10.4. The van der Waals surface area contributed by atoms with E-state index in [4.69, 9.17) is 10.2 Å². The van der Waals surface area contributed by atoms with Crippen LogP contribution in [0.3, 0.4) is 0 Å². The van der Waals surface area contributed by atoms with E-state index >= 15 is 0 Å². The molecular weight excluding hydrogens is 253 g/mol. The van der Waals surface area contributed by atoms with Crippen LogP contribution in [0.25, 0.3) is 0 Å². The second kappa shape index (κ2) is 7.35. The van der Waals surface area contributed by atoms with Gasteiger partial charge >= 0.3 is 11.9 Å². The van der Waals surface area contributed by atoms with Crippen molar-refractivity contribution in [1.29, 1.82) is 0 Å². The van der Waals surface area contributed by atoms with Gasteiger partial charge in [0.15, 0.2) is 0 Å². The Morgan fingerprint density at radius 1 is 1.16 bits per heavy atom. The Bertz CT molecular complexity index is 462. The van der Waals surface area contributed by atoms with E-state index in [0.717, 1.165) is 12.5 Å². The van der Waals surface area contributed by atoms with Crippen LogP contribution in [0.15, 0.2) is 18.2 Å². The molecule has 1 aromatic rings. The van der Waals surface area contributed by atoms with Crippen molar-refractivity contribution in [3.8, 4) is 0 Å². The number of aliphatic carboxylic acids is 1. The van der Waals surface area contributed by atoms with Crippen LogP contribution in [0, 0.1) is 5.82 Å². The summed E-state index contributed by atoms with van der Waals surface area (Å²) in [6.07, 6.45) is 2.13. The Morgan fingerprint density at radius 3 is 2.53 bits per heavy atom. The van der Waals surface area contributed by atoms with Crippen molar-refractivity contribution >= 4 is 17.6 Å². The van der Waals surface area contributed by atoms with Crippen LogP contribution in [0.1, 0.15) is 36.0 Å². The molecule has 1 rings (SSSR count). The van der Waals surface area contributed by atoms with Crippen LogP contribution in [0.5, 0.6) is 0 Å². The average molecular weight is 269 g/mol. The molecule has 104 valence electrons. The minimum atomic E-state index is -1.11. The van der Waals surface area contributed by atoms with E-state index < -0.39 is 17.8 Å². The number of anilines is 1. The van der Waals surface area contributed by atoms with Crippen molar-refractivity contribution in [2.75, 3.05) is 11.9 Å². The zero-order chi connectivity index (χ0) is 14.3. The molecule has 0 heterocycles. The lowest BCUT2D eigenvalue weighted by Crippen LogP contribution is -2.06. The molecule has 0 saturated heterocycles. The number of nitrogens with one attached hydrogen (secondary N) is 1. The molecule has 0 bridgehead atoms. The summed E-state index contributed by atoms with van der Waals surface area (Å²) in [7, 11) is 0. The third-order valence-electron chi connectivity index (χ3n) is 2.60. The quantitative estimate of drug-likeness (QED) is 0.631. The molecule has 0 atom stereocenters. The van der Waals surface area contributed by atoms with Gasteiger partial charge in [0, 0.05) is 13.0 Å². The monoisotopic (exact) mass is 269 g/mol. The molecule has 1 aromatic carbocycles. The van der Waals surface area contributed by atoms with Gasteiger partial charge in [-0.1, -0.05) is 6.42 Å². The fraction of sp³-hybridized carbons (Fsp3) is 0.385. The number of hydrogen-bond donors (Lipinski definition) is 3. The lowest BCUT2D eigenvalue weighted by atomic mass is 10.1. The molecule has 5 nitrogen and oxygen atoms in total. The topological polar surface area (TPSA) is 86.6 Å². The van der Waals surface area contributed by atoms with Crippen molar-refractivity contribution in [1.82, 2.24) is 0 Å². The van der Waals surface area contributed by atoms with Crippen LogP contribution >= 0.6 is 0 Å². The van der Waals surface area contributed by atoms with Gasteiger partial charge in [-0.15, -0.1) is 0 Å². The average Bonchev–Trinajstić information content (AvgIpc) is 2.34.